The van der Waals surface area contributed by atoms with Crippen molar-refractivity contribution in [2.75, 3.05) is 26.3 Å². The first-order chi connectivity index (χ1) is 8.34. The van der Waals surface area contributed by atoms with E-state index >= 15 is 0 Å². The fraction of sp³-hybridized carbons (Fsp3) is 0.750. The van der Waals surface area contributed by atoms with Gasteiger partial charge in [-0.1, -0.05) is 0 Å². The Kier molecular flexibility index (Phi) is 3.03. The van der Waals surface area contributed by atoms with Gasteiger partial charge in [-0.25, -0.2) is 5.43 Å². The Bertz CT molecular complexity index is 326. The van der Waals surface area contributed by atoms with E-state index in [1.807, 2.05) is 22.3 Å². The van der Waals surface area contributed by atoms with E-state index in [1.54, 1.807) is 0 Å². The van der Waals surface area contributed by atoms with Crippen LogP contribution in [-0.2, 0) is 9.53 Å². The van der Waals surface area contributed by atoms with Crippen LogP contribution < -0.4 is 5.43 Å². The van der Waals surface area contributed by atoms with Crippen LogP contribution in [0.3, 0.4) is 0 Å². The smallest absolute Gasteiger partial charge is 0.250 e. The maximum absolute atomic E-state index is 12.2. The first kappa shape index (κ1) is 11.0. The van der Waals surface area contributed by atoms with Crippen LogP contribution in [0.15, 0.2) is 12.4 Å². The Hall–Kier alpha value is -1.07. The minimum Gasteiger partial charge on any atom is -0.381 e. The Balaban J connectivity index is 1.63. The topological polar surface area (TPSA) is 44.8 Å². The summed E-state index contributed by atoms with van der Waals surface area (Å²) in [5, 5.41) is 1.93. The molecule has 0 aromatic carbocycles. The molecule has 5 nitrogen and oxygen atoms in total. The molecular formula is C12H19N3O2. The van der Waals surface area contributed by atoms with Crippen molar-refractivity contribution < 1.29 is 9.53 Å². The third-order valence-electron chi connectivity index (χ3n) is 3.82. The third-order valence-corrected chi connectivity index (χ3v) is 3.82. The monoisotopic (exact) mass is 237 g/mol. The summed E-state index contributed by atoms with van der Waals surface area (Å²) in [6, 6.07) is 0.0137. The summed E-state index contributed by atoms with van der Waals surface area (Å²) in [6.45, 7) is 3.43. The van der Waals surface area contributed by atoms with Gasteiger partial charge in [0.05, 0.1) is 0 Å². The van der Waals surface area contributed by atoms with Crippen LogP contribution in [-0.4, -0.2) is 48.2 Å². The number of ether oxygens (including phenoxy) is 1. The Morgan fingerprint density at radius 2 is 2.12 bits per heavy atom. The number of hydrazine groups is 1. The molecule has 3 rings (SSSR count). The van der Waals surface area contributed by atoms with Crippen LogP contribution in [0.1, 0.15) is 19.3 Å². The van der Waals surface area contributed by atoms with Crippen molar-refractivity contribution in [3.63, 3.8) is 0 Å². The lowest BCUT2D eigenvalue weighted by atomic mass is 9.99. The lowest BCUT2D eigenvalue weighted by Gasteiger charge is -2.34. The maximum Gasteiger partial charge on any atom is 0.250 e. The summed E-state index contributed by atoms with van der Waals surface area (Å²) >= 11 is 0. The zero-order chi connectivity index (χ0) is 11.7. The molecular weight excluding hydrogens is 218 g/mol. The molecule has 2 fully saturated rings. The van der Waals surface area contributed by atoms with Crippen LogP contribution in [0.25, 0.3) is 0 Å². The molecule has 3 heterocycles. The van der Waals surface area contributed by atoms with Gasteiger partial charge in [-0.05, 0) is 25.2 Å². The molecule has 0 radical (unpaired) electrons. The highest BCUT2D eigenvalue weighted by molar-refractivity contribution is 5.84. The molecule has 5 heteroatoms. The summed E-state index contributed by atoms with van der Waals surface area (Å²) in [6.07, 6.45) is 6.95. The molecule has 3 aliphatic heterocycles. The van der Waals surface area contributed by atoms with E-state index in [4.69, 9.17) is 4.74 Å². The van der Waals surface area contributed by atoms with Gasteiger partial charge in [0, 0.05) is 38.7 Å². The van der Waals surface area contributed by atoms with Crippen LogP contribution in [0.4, 0.5) is 0 Å². The van der Waals surface area contributed by atoms with Gasteiger partial charge in [0.1, 0.15) is 6.04 Å². The van der Waals surface area contributed by atoms with Crippen molar-refractivity contribution in [2.24, 2.45) is 5.92 Å². The number of rotatable bonds is 2. The van der Waals surface area contributed by atoms with E-state index in [2.05, 4.69) is 5.43 Å². The first-order valence-corrected chi connectivity index (χ1v) is 6.43. The molecule has 0 aromatic heterocycles. The molecule has 0 spiro atoms. The molecule has 17 heavy (non-hydrogen) atoms. The highest BCUT2D eigenvalue weighted by Crippen LogP contribution is 2.22. The van der Waals surface area contributed by atoms with Crippen molar-refractivity contribution in [3.05, 3.63) is 12.4 Å². The minimum atomic E-state index is 0.0137. The maximum atomic E-state index is 12.2. The molecule has 0 bridgehead atoms. The van der Waals surface area contributed by atoms with Crippen molar-refractivity contribution >= 4 is 5.91 Å². The van der Waals surface area contributed by atoms with Crippen LogP contribution in [0.5, 0.6) is 0 Å². The van der Waals surface area contributed by atoms with E-state index in [0.717, 1.165) is 45.6 Å². The predicted octanol–water partition coefficient (Wildman–Crippen LogP) is 0.305. The van der Waals surface area contributed by atoms with E-state index in [9.17, 15) is 4.79 Å². The molecule has 2 saturated heterocycles. The number of carbonyl (C=O) groups excluding carboxylic acids is 1. The lowest BCUT2D eigenvalue weighted by molar-refractivity contribution is -0.135. The number of amides is 1. The van der Waals surface area contributed by atoms with E-state index < -0.39 is 0 Å². The summed E-state index contributed by atoms with van der Waals surface area (Å²) in [7, 11) is 0. The molecule has 94 valence electrons. The highest BCUT2D eigenvalue weighted by atomic mass is 16.5. The summed E-state index contributed by atoms with van der Waals surface area (Å²) in [5.74, 6) is 0.835. The number of hydrogen-bond acceptors (Lipinski definition) is 4. The second-order valence-corrected chi connectivity index (χ2v) is 4.96. The summed E-state index contributed by atoms with van der Waals surface area (Å²) in [5.41, 5.74) is 3.19. The van der Waals surface area contributed by atoms with Gasteiger partial charge in [-0.3, -0.25) is 4.79 Å². The second-order valence-electron chi connectivity index (χ2n) is 4.96. The zero-order valence-electron chi connectivity index (χ0n) is 9.97. The van der Waals surface area contributed by atoms with Crippen molar-refractivity contribution in [1.29, 1.82) is 0 Å². The third kappa shape index (κ3) is 2.17. The van der Waals surface area contributed by atoms with Gasteiger partial charge in [-0.15, -0.1) is 0 Å². The largest absolute Gasteiger partial charge is 0.381 e. The number of nitrogens with zero attached hydrogens (tertiary/aromatic N) is 2. The standard InChI is InChI=1S/C12H19N3O2/c16-12-11-1-4-13-15(11)6-5-14(12)9-10-2-7-17-8-3-10/h5-6,10-11,13H,1-4,7-9H2. The number of nitrogens with one attached hydrogen (secondary N) is 1. The Morgan fingerprint density at radius 1 is 1.29 bits per heavy atom. The predicted molar refractivity (Wildman–Crippen MR) is 62.6 cm³/mol. The number of hydrogen-bond donors (Lipinski definition) is 1. The van der Waals surface area contributed by atoms with Gasteiger partial charge in [-0.2, -0.15) is 0 Å². The fourth-order valence-corrected chi connectivity index (χ4v) is 2.75. The van der Waals surface area contributed by atoms with Gasteiger partial charge < -0.3 is 14.6 Å². The fourth-order valence-electron chi connectivity index (χ4n) is 2.75. The lowest BCUT2D eigenvalue weighted by Crippen LogP contribution is -2.49. The van der Waals surface area contributed by atoms with Crippen molar-refractivity contribution in [2.45, 2.75) is 25.3 Å². The molecule has 1 N–H and O–H groups in total. The Morgan fingerprint density at radius 3 is 2.94 bits per heavy atom. The van der Waals surface area contributed by atoms with Crippen LogP contribution in [0, 0.1) is 5.92 Å². The number of carbonyl (C=O) groups is 1. The normalized spacial score (nSPS) is 29.9. The van der Waals surface area contributed by atoms with Crippen LogP contribution in [0.2, 0.25) is 0 Å². The molecule has 1 amide bonds. The molecule has 1 unspecified atom stereocenters. The summed E-state index contributed by atoms with van der Waals surface area (Å²) in [4.78, 5) is 14.1. The quantitative estimate of drug-likeness (QED) is 0.750. The molecule has 0 saturated carbocycles. The second kappa shape index (κ2) is 4.66. The average molecular weight is 237 g/mol. The summed E-state index contributed by atoms with van der Waals surface area (Å²) < 4.78 is 5.35. The van der Waals surface area contributed by atoms with E-state index in [0.29, 0.717) is 5.92 Å². The average Bonchev–Trinajstić information content (AvgIpc) is 2.83. The molecule has 1 atom stereocenters. The van der Waals surface area contributed by atoms with E-state index in [-0.39, 0.29) is 11.9 Å². The van der Waals surface area contributed by atoms with Gasteiger partial charge in [0.25, 0.3) is 5.91 Å². The molecule has 0 aliphatic carbocycles. The van der Waals surface area contributed by atoms with Gasteiger partial charge >= 0.3 is 0 Å². The molecule has 3 aliphatic rings. The molecule has 0 aromatic rings. The minimum absolute atomic E-state index is 0.0137. The van der Waals surface area contributed by atoms with E-state index in [1.165, 1.54) is 0 Å². The SMILES string of the molecule is O=C1C2CCNN2C=CN1CC1CCOCC1. The zero-order valence-corrected chi connectivity index (χ0v) is 9.97. The number of fused-ring (bicyclic) bond motifs is 1. The van der Waals surface area contributed by atoms with Crippen molar-refractivity contribution in [1.82, 2.24) is 15.3 Å². The van der Waals surface area contributed by atoms with Gasteiger partial charge in [0.15, 0.2) is 0 Å². The van der Waals surface area contributed by atoms with Crippen LogP contribution >= 0.6 is 0 Å². The highest BCUT2D eigenvalue weighted by Gasteiger charge is 2.35. The first-order valence-electron chi connectivity index (χ1n) is 6.43. The Labute approximate surface area is 101 Å². The van der Waals surface area contributed by atoms with Gasteiger partial charge in [0.2, 0.25) is 0 Å². The van der Waals surface area contributed by atoms with Crippen molar-refractivity contribution in [3.8, 4) is 0 Å².